The molecule has 1 saturated heterocycles. The number of carbonyl (C=O) groups is 1. The fourth-order valence-electron chi connectivity index (χ4n) is 2.96. The lowest BCUT2D eigenvalue weighted by Gasteiger charge is -2.22. The van der Waals surface area contributed by atoms with Crippen LogP contribution < -0.4 is 0 Å². The molecule has 1 amide bonds. The van der Waals surface area contributed by atoms with Crippen molar-refractivity contribution in [3.05, 3.63) is 34.3 Å². The SMILES string of the molecule is O=C(Cc1ccc(Br)cc1)N1CCCN(CC2CC2)CC1. The lowest BCUT2D eigenvalue weighted by Crippen LogP contribution is -2.36. The van der Waals surface area contributed by atoms with E-state index in [0.29, 0.717) is 6.42 Å². The van der Waals surface area contributed by atoms with Crippen LogP contribution in [0.3, 0.4) is 0 Å². The van der Waals surface area contributed by atoms with Gasteiger partial charge in [-0.15, -0.1) is 0 Å². The number of halogens is 1. The molecule has 1 aliphatic heterocycles. The molecule has 0 atom stereocenters. The first-order valence-corrected chi connectivity index (χ1v) is 8.74. The van der Waals surface area contributed by atoms with E-state index in [0.717, 1.165) is 48.6 Å². The predicted octanol–water partition coefficient (Wildman–Crippen LogP) is 2.94. The van der Waals surface area contributed by atoms with Crippen molar-refractivity contribution in [3.63, 3.8) is 0 Å². The normalized spacial score (nSPS) is 20.3. The molecular formula is C17H23BrN2O. The van der Waals surface area contributed by atoms with Gasteiger partial charge in [-0.1, -0.05) is 28.1 Å². The second-order valence-electron chi connectivity index (χ2n) is 6.28. The Labute approximate surface area is 135 Å². The standard InChI is InChI=1S/C17H23BrN2O/c18-16-6-4-14(5-7-16)12-17(21)20-9-1-8-19(10-11-20)13-15-2-3-15/h4-7,15H,1-3,8-13H2. The maximum Gasteiger partial charge on any atom is 0.227 e. The molecule has 0 N–H and O–H groups in total. The fourth-order valence-corrected chi connectivity index (χ4v) is 3.22. The van der Waals surface area contributed by atoms with Crippen LogP contribution in [0.5, 0.6) is 0 Å². The van der Waals surface area contributed by atoms with Crippen LogP contribution >= 0.6 is 15.9 Å². The summed E-state index contributed by atoms with van der Waals surface area (Å²) in [6, 6.07) is 8.06. The first-order chi connectivity index (χ1) is 10.2. The minimum absolute atomic E-state index is 0.269. The molecule has 0 spiro atoms. The van der Waals surface area contributed by atoms with Gasteiger partial charge in [0.05, 0.1) is 6.42 Å². The van der Waals surface area contributed by atoms with Gasteiger partial charge in [-0.2, -0.15) is 0 Å². The molecular weight excluding hydrogens is 328 g/mol. The first-order valence-electron chi connectivity index (χ1n) is 7.95. The number of carbonyl (C=O) groups excluding carboxylic acids is 1. The van der Waals surface area contributed by atoms with Gasteiger partial charge >= 0.3 is 0 Å². The topological polar surface area (TPSA) is 23.6 Å². The molecule has 0 bridgehead atoms. The lowest BCUT2D eigenvalue weighted by atomic mass is 10.1. The van der Waals surface area contributed by atoms with E-state index in [9.17, 15) is 4.79 Å². The molecule has 1 saturated carbocycles. The van der Waals surface area contributed by atoms with Crippen LogP contribution in [0.25, 0.3) is 0 Å². The fraction of sp³-hybridized carbons (Fsp3) is 0.588. The van der Waals surface area contributed by atoms with E-state index in [1.807, 2.05) is 24.3 Å². The smallest absolute Gasteiger partial charge is 0.227 e. The summed E-state index contributed by atoms with van der Waals surface area (Å²) in [7, 11) is 0. The van der Waals surface area contributed by atoms with Crippen molar-refractivity contribution in [3.8, 4) is 0 Å². The number of hydrogen-bond donors (Lipinski definition) is 0. The zero-order valence-corrected chi connectivity index (χ0v) is 14.0. The Hall–Kier alpha value is -0.870. The van der Waals surface area contributed by atoms with E-state index in [4.69, 9.17) is 0 Å². The van der Waals surface area contributed by atoms with Crippen molar-refractivity contribution < 1.29 is 4.79 Å². The average molecular weight is 351 g/mol. The minimum atomic E-state index is 0.269. The zero-order chi connectivity index (χ0) is 14.7. The molecule has 1 aromatic carbocycles. The van der Waals surface area contributed by atoms with Gasteiger partial charge in [-0.05, 0) is 49.4 Å². The summed E-state index contributed by atoms with van der Waals surface area (Å²) in [4.78, 5) is 17.0. The highest BCUT2D eigenvalue weighted by Gasteiger charge is 2.26. The van der Waals surface area contributed by atoms with Crippen molar-refractivity contribution in [2.45, 2.75) is 25.7 Å². The Bertz CT molecular complexity index is 484. The van der Waals surface area contributed by atoms with Gasteiger partial charge in [0.25, 0.3) is 0 Å². The monoisotopic (exact) mass is 350 g/mol. The van der Waals surface area contributed by atoms with Crippen LogP contribution in [-0.4, -0.2) is 48.4 Å². The Balaban J connectivity index is 1.50. The van der Waals surface area contributed by atoms with Crippen molar-refractivity contribution in [2.75, 3.05) is 32.7 Å². The lowest BCUT2D eigenvalue weighted by molar-refractivity contribution is -0.130. The minimum Gasteiger partial charge on any atom is -0.341 e. The van der Waals surface area contributed by atoms with Crippen LogP contribution in [0, 0.1) is 5.92 Å². The van der Waals surface area contributed by atoms with Crippen molar-refractivity contribution >= 4 is 21.8 Å². The summed E-state index contributed by atoms with van der Waals surface area (Å²) in [5.74, 6) is 1.21. The van der Waals surface area contributed by atoms with Gasteiger partial charge in [0.15, 0.2) is 0 Å². The van der Waals surface area contributed by atoms with Gasteiger partial charge in [-0.25, -0.2) is 0 Å². The van der Waals surface area contributed by atoms with Crippen LogP contribution in [0.4, 0.5) is 0 Å². The van der Waals surface area contributed by atoms with E-state index in [1.54, 1.807) is 0 Å². The molecule has 1 aromatic rings. The third kappa shape index (κ3) is 4.55. The van der Waals surface area contributed by atoms with Crippen LogP contribution in [0.1, 0.15) is 24.8 Å². The van der Waals surface area contributed by atoms with Crippen molar-refractivity contribution in [1.82, 2.24) is 9.80 Å². The van der Waals surface area contributed by atoms with E-state index >= 15 is 0 Å². The zero-order valence-electron chi connectivity index (χ0n) is 12.4. The van der Waals surface area contributed by atoms with Gasteiger partial charge < -0.3 is 9.80 Å². The number of amides is 1. The molecule has 1 heterocycles. The molecule has 0 unspecified atom stereocenters. The molecule has 2 aliphatic rings. The molecule has 21 heavy (non-hydrogen) atoms. The Kier molecular flexibility index (Phi) is 4.96. The summed E-state index contributed by atoms with van der Waals surface area (Å²) in [5.41, 5.74) is 1.10. The van der Waals surface area contributed by atoms with E-state index in [1.165, 1.54) is 19.4 Å². The Morgan fingerprint density at radius 2 is 1.86 bits per heavy atom. The largest absolute Gasteiger partial charge is 0.341 e. The van der Waals surface area contributed by atoms with Gasteiger partial charge in [0.2, 0.25) is 5.91 Å². The molecule has 3 nitrogen and oxygen atoms in total. The highest BCUT2D eigenvalue weighted by atomic mass is 79.9. The van der Waals surface area contributed by atoms with Crippen LogP contribution in [-0.2, 0) is 11.2 Å². The molecule has 0 aromatic heterocycles. The van der Waals surface area contributed by atoms with Crippen molar-refractivity contribution in [1.29, 1.82) is 0 Å². The van der Waals surface area contributed by atoms with Gasteiger partial charge in [-0.3, -0.25) is 4.79 Å². The number of nitrogens with zero attached hydrogens (tertiary/aromatic N) is 2. The molecule has 4 heteroatoms. The van der Waals surface area contributed by atoms with E-state index in [2.05, 4.69) is 25.7 Å². The number of hydrogen-bond acceptors (Lipinski definition) is 2. The molecule has 114 valence electrons. The summed E-state index contributed by atoms with van der Waals surface area (Å²) in [6.45, 7) is 5.24. The van der Waals surface area contributed by atoms with Crippen LogP contribution in [0.15, 0.2) is 28.7 Å². The Morgan fingerprint density at radius 1 is 1.10 bits per heavy atom. The maximum absolute atomic E-state index is 12.4. The van der Waals surface area contributed by atoms with Crippen molar-refractivity contribution in [2.24, 2.45) is 5.92 Å². The van der Waals surface area contributed by atoms with Gasteiger partial charge in [0.1, 0.15) is 0 Å². The molecule has 2 fully saturated rings. The third-order valence-corrected chi connectivity index (χ3v) is 4.95. The highest BCUT2D eigenvalue weighted by Crippen LogP contribution is 2.29. The number of benzene rings is 1. The molecule has 1 aliphatic carbocycles. The molecule has 0 radical (unpaired) electrons. The van der Waals surface area contributed by atoms with Gasteiger partial charge in [0, 0.05) is 30.7 Å². The van der Waals surface area contributed by atoms with E-state index in [-0.39, 0.29) is 5.91 Å². The average Bonchev–Trinajstić information content (AvgIpc) is 3.29. The predicted molar refractivity (Wildman–Crippen MR) is 88.2 cm³/mol. The second-order valence-corrected chi connectivity index (χ2v) is 7.20. The summed E-state index contributed by atoms with van der Waals surface area (Å²) in [6.07, 6.45) is 4.44. The highest BCUT2D eigenvalue weighted by molar-refractivity contribution is 9.10. The molecule has 3 rings (SSSR count). The maximum atomic E-state index is 12.4. The third-order valence-electron chi connectivity index (χ3n) is 4.42. The summed E-state index contributed by atoms with van der Waals surface area (Å²) in [5, 5.41) is 0. The number of rotatable bonds is 4. The summed E-state index contributed by atoms with van der Waals surface area (Å²) < 4.78 is 1.06. The summed E-state index contributed by atoms with van der Waals surface area (Å²) >= 11 is 3.43. The van der Waals surface area contributed by atoms with Crippen LogP contribution in [0.2, 0.25) is 0 Å². The second kappa shape index (κ2) is 6.93. The first kappa shape index (κ1) is 15.0. The van der Waals surface area contributed by atoms with E-state index < -0.39 is 0 Å². The quantitative estimate of drug-likeness (QED) is 0.833. The Morgan fingerprint density at radius 3 is 2.57 bits per heavy atom.